The van der Waals surface area contributed by atoms with Gasteiger partial charge in [-0.15, -0.1) is 0 Å². The fraction of sp³-hybridized carbons (Fsp3) is 0. The number of nitrogens with zero attached hydrogens (tertiary/aromatic N) is 7. The highest BCUT2D eigenvalue weighted by Gasteiger charge is 2.39. The summed E-state index contributed by atoms with van der Waals surface area (Å²) in [7, 11) is 0. The molecule has 0 saturated carbocycles. The average Bonchev–Trinajstić information content (AvgIpc) is 2.75. The molecule has 0 aliphatic heterocycles. The normalized spacial score (nSPS) is 9.84. The summed E-state index contributed by atoms with van der Waals surface area (Å²) in [6.07, 6.45) is 1.43. The molecule has 2 aromatic rings. The van der Waals surface area contributed by atoms with Crippen molar-refractivity contribution in [1.82, 2.24) is 6.15 Å². The SMILES string of the molecule is O=[N+]([O-])[O-].O=[N+]([O-])c1ccc(/C=C/c2ccc([N+](=O)[O-])c([N+](=O)[O-])c2[N+](=O)[O-])c([N+](=O)[O-])c1[N+](=O)[O-].[NH4+]. The number of hydrogen-bond donors (Lipinski definition) is 1. The molecule has 0 spiro atoms. The van der Waals surface area contributed by atoms with Gasteiger partial charge in [-0.05, 0) is 24.3 Å². The molecule has 2 aromatic carbocycles. The Bertz CT molecular complexity index is 1260. The van der Waals surface area contributed by atoms with Gasteiger partial charge in [-0.1, -0.05) is 0 Å². The van der Waals surface area contributed by atoms with Gasteiger partial charge in [-0.2, -0.15) is 0 Å². The van der Waals surface area contributed by atoms with Crippen LogP contribution in [0, 0.1) is 76.0 Å². The highest BCUT2D eigenvalue weighted by molar-refractivity contribution is 5.85. The second kappa shape index (κ2) is 12.3. The second-order valence-corrected chi connectivity index (χ2v) is 5.84. The molecule has 0 amide bonds. The van der Waals surface area contributed by atoms with E-state index in [0.717, 1.165) is 12.1 Å². The van der Waals surface area contributed by atoms with Gasteiger partial charge < -0.3 is 21.5 Å². The van der Waals surface area contributed by atoms with Gasteiger partial charge in [-0.25, -0.2) is 0 Å². The van der Waals surface area contributed by atoms with E-state index in [2.05, 4.69) is 0 Å². The third kappa shape index (κ3) is 7.11. The van der Waals surface area contributed by atoms with Gasteiger partial charge in [0.25, 0.3) is 0 Å². The van der Waals surface area contributed by atoms with Crippen LogP contribution in [0.5, 0.6) is 0 Å². The zero-order chi connectivity index (χ0) is 27.9. The maximum absolute atomic E-state index is 11.3. The van der Waals surface area contributed by atoms with E-state index in [1.54, 1.807) is 0 Å². The van der Waals surface area contributed by atoms with Gasteiger partial charge in [0.05, 0.1) is 45.8 Å². The number of quaternary nitrogens is 1. The van der Waals surface area contributed by atoms with Crippen molar-refractivity contribution in [2.24, 2.45) is 0 Å². The molecule has 2 rings (SSSR count). The maximum atomic E-state index is 11.3. The van der Waals surface area contributed by atoms with Gasteiger partial charge in [0.1, 0.15) is 0 Å². The van der Waals surface area contributed by atoms with Crippen LogP contribution in [0.25, 0.3) is 12.2 Å². The van der Waals surface area contributed by atoms with Crippen LogP contribution in [0.2, 0.25) is 0 Å². The molecule has 0 bridgehead atoms. The first-order chi connectivity index (χ1) is 16.6. The van der Waals surface area contributed by atoms with Crippen molar-refractivity contribution >= 4 is 46.3 Å². The number of hydrogen-bond acceptors (Lipinski definition) is 15. The van der Waals surface area contributed by atoms with Crippen LogP contribution in [0.3, 0.4) is 0 Å². The lowest BCUT2D eigenvalue weighted by Crippen LogP contribution is -2.03. The van der Waals surface area contributed by atoms with Crippen LogP contribution in [0.4, 0.5) is 34.1 Å². The Labute approximate surface area is 199 Å². The average molecular weight is 530 g/mol. The molecule has 0 aliphatic carbocycles. The van der Waals surface area contributed by atoms with E-state index >= 15 is 0 Å². The molecule has 23 heteroatoms. The van der Waals surface area contributed by atoms with E-state index in [1.165, 1.54) is 0 Å². The molecule has 0 heterocycles. The van der Waals surface area contributed by atoms with Crippen molar-refractivity contribution in [2.45, 2.75) is 0 Å². The fourth-order valence-corrected chi connectivity index (χ4v) is 2.66. The predicted octanol–water partition coefficient (Wildman–Crippen LogP) is 3.44. The van der Waals surface area contributed by atoms with Crippen molar-refractivity contribution < 1.29 is 34.6 Å². The van der Waals surface area contributed by atoms with Crippen molar-refractivity contribution in [3.05, 3.63) is 111 Å². The summed E-state index contributed by atoms with van der Waals surface area (Å²) < 4.78 is 0. The lowest BCUT2D eigenvalue weighted by molar-refractivity contribution is -0.441. The lowest BCUT2D eigenvalue weighted by Gasteiger charge is -2.02. The predicted molar refractivity (Wildman–Crippen MR) is 118 cm³/mol. The highest BCUT2D eigenvalue weighted by Crippen LogP contribution is 2.42. The zero-order valence-corrected chi connectivity index (χ0v) is 17.7. The quantitative estimate of drug-likeness (QED) is 0.290. The van der Waals surface area contributed by atoms with Crippen molar-refractivity contribution in [3.63, 3.8) is 0 Å². The fourth-order valence-electron chi connectivity index (χ4n) is 2.66. The van der Waals surface area contributed by atoms with Crippen LogP contribution in [0.1, 0.15) is 11.1 Å². The van der Waals surface area contributed by atoms with E-state index < -0.39 is 79.9 Å². The lowest BCUT2D eigenvalue weighted by atomic mass is 10.1. The molecular weight excluding hydrogens is 520 g/mol. The van der Waals surface area contributed by atoms with E-state index in [-0.39, 0.29) is 6.15 Å². The Morgan fingerprint density at radius 2 is 0.676 bits per heavy atom. The molecule has 0 saturated heterocycles. The first-order valence-corrected chi connectivity index (χ1v) is 8.31. The minimum Gasteiger partial charge on any atom is -0.369 e. The second-order valence-electron chi connectivity index (χ2n) is 5.84. The van der Waals surface area contributed by atoms with Crippen LogP contribution < -0.4 is 6.15 Å². The molecule has 0 atom stereocenters. The number of benzene rings is 2. The van der Waals surface area contributed by atoms with E-state index in [4.69, 9.17) is 15.3 Å². The number of rotatable bonds is 8. The smallest absolute Gasteiger partial charge is 0.369 e. The Kier molecular flexibility index (Phi) is 10.2. The van der Waals surface area contributed by atoms with E-state index in [9.17, 15) is 60.7 Å². The Morgan fingerprint density at radius 3 is 0.865 bits per heavy atom. The van der Waals surface area contributed by atoms with Gasteiger partial charge in [-0.3, -0.25) is 60.7 Å². The Balaban J connectivity index is 0.00000241. The monoisotopic (exact) mass is 530 g/mol. The molecule has 0 radical (unpaired) electrons. The molecule has 0 fully saturated rings. The molecule has 196 valence electrons. The summed E-state index contributed by atoms with van der Waals surface area (Å²) in [6.45, 7) is 0. The minimum absolute atomic E-state index is 0. The summed E-state index contributed by atoms with van der Waals surface area (Å²) in [5.74, 6) is 0. The van der Waals surface area contributed by atoms with Crippen LogP contribution >= 0.6 is 0 Å². The largest absolute Gasteiger partial charge is 0.422 e. The van der Waals surface area contributed by atoms with Crippen LogP contribution in [0.15, 0.2) is 24.3 Å². The van der Waals surface area contributed by atoms with E-state index in [1.807, 2.05) is 0 Å². The molecule has 0 aliphatic rings. The molecule has 0 aromatic heterocycles. The molecule has 4 N–H and O–H groups in total. The van der Waals surface area contributed by atoms with Crippen molar-refractivity contribution in [2.75, 3.05) is 0 Å². The van der Waals surface area contributed by atoms with Crippen molar-refractivity contribution in [3.8, 4) is 0 Å². The standard InChI is InChI=1S/C14H6N6O12.NO3.H3N/c21-15(22)9-5-3-7(11(17(25)26)13(9)19(29)30)1-2-8-4-6-10(16(23)24)14(20(31)32)12(8)18(27)28;2-1(3)4;/h1-6H;;1H3/q;-1;/p+1/b2-1+;;. The number of nitro groups is 6. The summed E-state index contributed by atoms with van der Waals surface area (Å²) in [4.78, 5) is 67.5. The first kappa shape index (κ1) is 30.7. The maximum Gasteiger partial charge on any atom is 0.422 e. The van der Waals surface area contributed by atoms with Crippen LogP contribution in [-0.2, 0) is 0 Å². The van der Waals surface area contributed by atoms with E-state index in [0.29, 0.717) is 24.3 Å². The summed E-state index contributed by atoms with van der Waals surface area (Å²) in [5, 5.41) is 81.7. The molecule has 23 nitrogen and oxygen atoms in total. The minimum atomic E-state index is -1.75. The highest BCUT2D eigenvalue weighted by atomic mass is 16.9. The van der Waals surface area contributed by atoms with Gasteiger partial charge in [0.15, 0.2) is 0 Å². The Morgan fingerprint density at radius 1 is 0.432 bits per heavy atom. The van der Waals surface area contributed by atoms with Crippen LogP contribution in [-0.4, -0.2) is 34.6 Å². The zero-order valence-electron chi connectivity index (χ0n) is 17.7. The molecular formula is C14H10N8O15. The Hall–Kier alpha value is -6.26. The third-order valence-corrected chi connectivity index (χ3v) is 3.89. The van der Waals surface area contributed by atoms with Gasteiger partial charge in [0, 0.05) is 12.1 Å². The molecule has 0 unspecified atom stereocenters. The summed E-state index contributed by atoms with van der Waals surface area (Å²) in [5.41, 5.74) is -9.08. The molecule has 37 heavy (non-hydrogen) atoms. The topological polar surface area (TPSA) is 362 Å². The van der Waals surface area contributed by atoms with Gasteiger partial charge in [0.2, 0.25) is 0 Å². The summed E-state index contributed by atoms with van der Waals surface area (Å²) >= 11 is 0. The number of nitro benzene ring substituents is 6. The van der Waals surface area contributed by atoms with Crippen molar-refractivity contribution in [1.29, 1.82) is 0 Å². The summed E-state index contributed by atoms with van der Waals surface area (Å²) in [6, 6.07) is 2.70. The first-order valence-electron chi connectivity index (χ1n) is 8.31. The third-order valence-electron chi connectivity index (χ3n) is 3.89. The van der Waals surface area contributed by atoms with Gasteiger partial charge >= 0.3 is 34.1 Å².